The first-order valence-corrected chi connectivity index (χ1v) is 10.9. The van der Waals surface area contributed by atoms with Gasteiger partial charge >= 0.3 is 10.1 Å². The van der Waals surface area contributed by atoms with Crippen molar-refractivity contribution in [2.45, 2.75) is 0 Å². The van der Waals surface area contributed by atoms with Gasteiger partial charge in [0.25, 0.3) is 0 Å². The van der Waals surface area contributed by atoms with Crippen molar-refractivity contribution < 1.29 is 17.0 Å². The van der Waals surface area contributed by atoms with Gasteiger partial charge in [-0.3, -0.25) is 0 Å². The van der Waals surface area contributed by atoms with Crippen LogP contribution in [0.4, 0.5) is 5.69 Å². The SMILES string of the molecule is CS(=O)(=O)Oc1ccc(N=c2cc(-c3ccccc3)oc3ccc(Cl)cc23)cc1. The minimum absolute atomic E-state index is 0.229. The highest BCUT2D eigenvalue weighted by Crippen LogP contribution is 2.25. The van der Waals surface area contributed by atoms with E-state index in [0.717, 1.165) is 17.2 Å². The molecule has 4 aromatic rings. The van der Waals surface area contributed by atoms with Gasteiger partial charge in [0.1, 0.15) is 17.1 Å². The molecule has 4 rings (SSSR count). The van der Waals surface area contributed by atoms with Crippen molar-refractivity contribution in [2.75, 3.05) is 6.26 Å². The van der Waals surface area contributed by atoms with Gasteiger partial charge in [0.2, 0.25) is 0 Å². The highest BCUT2D eigenvalue weighted by molar-refractivity contribution is 7.86. The number of halogens is 1. The Labute approximate surface area is 173 Å². The first-order valence-electron chi connectivity index (χ1n) is 8.70. The lowest BCUT2D eigenvalue weighted by Crippen LogP contribution is -2.05. The zero-order valence-corrected chi connectivity index (χ0v) is 16.9. The molecule has 0 bridgehead atoms. The maximum absolute atomic E-state index is 11.3. The fourth-order valence-electron chi connectivity index (χ4n) is 2.87. The van der Waals surface area contributed by atoms with E-state index >= 15 is 0 Å². The summed E-state index contributed by atoms with van der Waals surface area (Å²) in [5.74, 6) is 0.906. The third kappa shape index (κ3) is 4.67. The molecule has 29 heavy (non-hydrogen) atoms. The average Bonchev–Trinajstić information content (AvgIpc) is 2.69. The molecule has 0 saturated heterocycles. The van der Waals surface area contributed by atoms with Crippen LogP contribution in [0.1, 0.15) is 0 Å². The van der Waals surface area contributed by atoms with Gasteiger partial charge in [-0.15, -0.1) is 0 Å². The zero-order chi connectivity index (χ0) is 20.4. The minimum atomic E-state index is -3.58. The molecular weight excluding hydrogens is 410 g/mol. The molecule has 0 unspecified atom stereocenters. The molecule has 5 nitrogen and oxygen atoms in total. The lowest BCUT2D eigenvalue weighted by Gasteiger charge is -2.06. The Kier molecular flexibility index (Phi) is 5.13. The standard InChI is InChI=1S/C22H16ClNO4S/c1-29(25,26)28-18-10-8-17(9-11-18)24-20-14-22(15-5-3-2-4-6-15)27-21-12-7-16(23)13-19(20)21/h2-14H,1H3. The summed E-state index contributed by atoms with van der Waals surface area (Å²) in [6.45, 7) is 0. The van der Waals surface area contributed by atoms with E-state index in [0.29, 0.717) is 27.4 Å². The second-order valence-electron chi connectivity index (χ2n) is 6.40. The van der Waals surface area contributed by atoms with Gasteiger partial charge < -0.3 is 8.60 Å². The highest BCUT2D eigenvalue weighted by Gasteiger charge is 2.07. The molecule has 0 aliphatic carbocycles. The Balaban J connectivity index is 1.86. The number of hydrogen-bond donors (Lipinski definition) is 0. The summed E-state index contributed by atoms with van der Waals surface area (Å²) in [6, 6.07) is 23.5. The second kappa shape index (κ2) is 7.73. The molecule has 0 aliphatic heterocycles. The van der Waals surface area contributed by atoms with Gasteiger partial charge in [0.15, 0.2) is 0 Å². The molecule has 0 amide bonds. The number of benzene rings is 3. The first kappa shape index (κ1) is 19.2. The van der Waals surface area contributed by atoms with Crippen LogP contribution in [-0.2, 0) is 10.1 Å². The molecule has 1 aromatic heterocycles. The minimum Gasteiger partial charge on any atom is -0.456 e. The number of hydrogen-bond acceptors (Lipinski definition) is 5. The fraction of sp³-hybridized carbons (Fsp3) is 0.0455. The average molecular weight is 426 g/mol. The highest BCUT2D eigenvalue weighted by atomic mass is 35.5. The van der Waals surface area contributed by atoms with Crippen LogP contribution in [0.2, 0.25) is 5.02 Å². The van der Waals surface area contributed by atoms with Crippen LogP contribution in [-0.4, -0.2) is 14.7 Å². The molecule has 3 aromatic carbocycles. The molecule has 1 heterocycles. The Morgan fingerprint density at radius 3 is 2.34 bits per heavy atom. The lowest BCUT2D eigenvalue weighted by molar-refractivity contribution is 0.493. The summed E-state index contributed by atoms with van der Waals surface area (Å²) in [5.41, 5.74) is 2.22. The van der Waals surface area contributed by atoms with Crippen molar-refractivity contribution in [2.24, 2.45) is 4.99 Å². The molecule has 0 fully saturated rings. The summed E-state index contributed by atoms with van der Waals surface area (Å²) in [4.78, 5) is 4.71. The van der Waals surface area contributed by atoms with Crippen molar-refractivity contribution >= 4 is 38.4 Å². The maximum atomic E-state index is 11.3. The fourth-order valence-corrected chi connectivity index (χ4v) is 3.50. The summed E-state index contributed by atoms with van der Waals surface area (Å²) < 4.78 is 33.4. The van der Waals surface area contributed by atoms with E-state index in [9.17, 15) is 8.42 Å². The van der Waals surface area contributed by atoms with Crippen molar-refractivity contribution in [1.82, 2.24) is 0 Å². The van der Waals surface area contributed by atoms with Gasteiger partial charge in [0, 0.05) is 22.0 Å². The van der Waals surface area contributed by atoms with Gasteiger partial charge in [0.05, 0.1) is 17.3 Å². The molecule has 0 aliphatic rings. The molecule has 0 atom stereocenters. The third-order valence-electron chi connectivity index (χ3n) is 4.10. The van der Waals surface area contributed by atoms with E-state index in [-0.39, 0.29) is 5.75 Å². The van der Waals surface area contributed by atoms with E-state index in [1.165, 1.54) is 0 Å². The van der Waals surface area contributed by atoms with Crippen molar-refractivity contribution in [1.29, 1.82) is 0 Å². The smallest absolute Gasteiger partial charge is 0.306 e. The third-order valence-corrected chi connectivity index (χ3v) is 4.83. The van der Waals surface area contributed by atoms with Crippen LogP contribution in [0, 0.1) is 0 Å². The molecule has 146 valence electrons. The Hall–Kier alpha value is -3.09. The summed E-state index contributed by atoms with van der Waals surface area (Å²) >= 11 is 6.18. The monoisotopic (exact) mass is 425 g/mol. The van der Waals surface area contributed by atoms with E-state index in [1.54, 1.807) is 36.4 Å². The van der Waals surface area contributed by atoms with E-state index in [4.69, 9.17) is 25.2 Å². The Morgan fingerprint density at radius 1 is 0.931 bits per heavy atom. The number of nitrogens with zero attached hydrogens (tertiary/aromatic N) is 1. The van der Waals surface area contributed by atoms with Crippen molar-refractivity contribution in [3.05, 3.63) is 89.2 Å². The Morgan fingerprint density at radius 2 is 1.66 bits per heavy atom. The second-order valence-corrected chi connectivity index (χ2v) is 8.41. The van der Waals surface area contributed by atoms with Crippen molar-refractivity contribution in [3.63, 3.8) is 0 Å². The molecule has 0 spiro atoms. The van der Waals surface area contributed by atoms with E-state index < -0.39 is 10.1 Å². The zero-order valence-electron chi connectivity index (χ0n) is 15.4. The van der Waals surface area contributed by atoms with Crippen molar-refractivity contribution in [3.8, 4) is 17.1 Å². The van der Waals surface area contributed by atoms with Gasteiger partial charge in [-0.2, -0.15) is 8.42 Å². The van der Waals surface area contributed by atoms with Gasteiger partial charge in [-0.05, 0) is 42.5 Å². The van der Waals surface area contributed by atoms with E-state index in [1.807, 2.05) is 42.5 Å². The topological polar surface area (TPSA) is 68.9 Å². The van der Waals surface area contributed by atoms with Crippen LogP contribution in [0.3, 0.4) is 0 Å². The van der Waals surface area contributed by atoms with Gasteiger partial charge in [-0.1, -0.05) is 41.9 Å². The molecule has 0 saturated carbocycles. The number of rotatable bonds is 4. The lowest BCUT2D eigenvalue weighted by atomic mass is 10.1. The predicted molar refractivity (Wildman–Crippen MR) is 114 cm³/mol. The number of fused-ring (bicyclic) bond motifs is 1. The molecule has 7 heteroatoms. The van der Waals surface area contributed by atoms with Crippen LogP contribution >= 0.6 is 11.6 Å². The van der Waals surface area contributed by atoms with Crippen LogP contribution in [0.25, 0.3) is 22.3 Å². The maximum Gasteiger partial charge on any atom is 0.306 e. The summed E-state index contributed by atoms with van der Waals surface area (Å²) in [5, 5.41) is 2.03. The van der Waals surface area contributed by atoms with Crippen LogP contribution < -0.4 is 9.54 Å². The summed E-state index contributed by atoms with van der Waals surface area (Å²) in [6.07, 6.45) is 1.000. The van der Waals surface area contributed by atoms with Crippen LogP contribution in [0.15, 0.2) is 88.3 Å². The first-order chi connectivity index (χ1) is 13.9. The quantitative estimate of drug-likeness (QED) is 0.415. The van der Waals surface area contributed by atoms with Crippen LogP contribution in [0.5, 0.6) is 5.75 Å². The van der Waals surface area contributed by atoms with Gasteiger partial charge in [-0.25, -0.2) is 4.99 Å². The molecular formula is C22H16ClNO4S. The molecule has 0 N–H and O–H groups in total. The largest absolute Gasteiger partial charge is 0.456 e. The molecule has 0 radical (unpaired) electrons. The summed E-state index contributed by atoms with van der Waals surface area (Å²) in [7, 11) is -3.58. The van der Waals surface area contributed by atoms with E-state index in [2.05, 4.69) is 0 Å². The Bertz CT molecular complexity index is 1350. The normalized spacial score (nSPS) is 12.3. The predicted octanol–water partition coefficient (Wildman–Crippen LogP) is 5.32.